The minimum atomic E-state index is -0.846. The molecule has 0 spiro atoms. The average molecular weight is 523 g/mol. The number of fused-ring (bicyclic) bond motifs is 3. The van der Waals surface area contributed by atoms with Gasteiger partial charge in [0.15, 0.2) is 5.78 Å². The number of esters is 1. The van der Waals surface area contributed by atoms with E-state index < -0.39 is 23.1 Å². The van der Waals surface area contributed by atoms with Gasteiger partial charge in [0, 0.05) is 39.2 Å². The van der Waals surface area contributed by atoms with Crippen LogP contribution < -0.4 is 9.75 Å². The van der Waals surface area contributed by atoms with E-state index in [0.717, 1.165) is 18.5 Å². The van der Waals surface area contributed by atoms with Crippen molar-refractivity contribution in [2.75, 3.05) is 51.4 Å². The summed E-state index contributed by atoms with van der Waals surface area (Å²) in [6.45, 7) is 4.76. The van der Waals surface area contributed by atoms with Gasteiger partial charge < -0.3 is 14.4 Å². The summed E-state index contributed by atoms with van der Waals surface area (Å²) < 4.78 is 24.8. The second-order valence-corrected chi connectivity index (χ2v) is 9.85. The number of amides is 1. The van der Waals surface area contributed by atoms with Crippen molar-refractivity contribution < 1.29 is 28.2 Å². The minimum absolute atomic E-state index is 0.129. The molecule has 0 radical (unpaired) electrons. The first-order valence-electron chi connectivity index (χ1n) is 12.8. The van der Waals surface area contributed by atoms with E-state index in [9.17, 15) is 18.8 Å². The first-order chi connectivity index (χ1) is 18.3. The molecule has 1 saturated heterocycles. The summed E-state index contributed by atoms with van der Waals surface area (Å²) in [4.78, 5) is 40.5. The Kier molecular flexibility index (Phi) is 7.16. The second kappa shape index (κ2) is 10.5. The zero-order valence-electron chi connectivity index (χ0n) is 21.6. The molecule has 10 heteroatoms. The van der Waals surface area contributed by atoms with Crippen LogP contribution in [0.1, 0.15) is 25.3 Å². The van der Waals surface area contributed by atoms with Crippen LogP contribution in [0.5, 0.6) is 5.75 Å². The highest BCUT2D eigenvalue weighted by atomic mass is 19.1. The molecule has 3 aliphatic heterocycles. The number of methoxy groups -OCH3 is 1. The largest absolute Gasteiger partial charge is 0.489 e. The van der Waals surface area contributed by atoms with Crippen molar-refractivity contribution in [2.45, 2.75) is 31.2 Å². The number of anilines is 1. The normalized spacial score (nSPS) is 22.7. The predicted molar refractivity (Wildman–Crippen MR) is 139 cm³/mol. The molecule has 0 aromatic heterocycles. The molecular weight excluding hydrogens is 491 g/mol. The van der Waals surface area contributed by atoms with Crippen molar-refractivity contribution in [1.29, 1.82) is 0 Å². The number of carbonyl (C=O) groups excluding carboxylic acids is 3. The molecule has 9 nitrogen and oxygen atoms in total. The van der Waals surface area contributed by atoms with Crippen LogP contribution in [0.4, 0.5) is 10.1 Å². The topological polar surface area (TPSA) is 91.8 Å². The Morgan fingerprint density at radius 1 is 1.11 bits per heavy atom. The number of hydrogen-bond donors (Lipinski definition) is 0. The molecule has 200 valence electrons. The van der Waals surface area contributed by atoms with Crippen LogP contribution >= 0.6 is 0 Å². The fourth-order valence-corrected chi connectivity index (χ4v) is 5.88. The number of Topliss-reactive ketones (excluding diaryl/α,β-unsaturated/α-hetero) is 1. The number of nitrogens with zero attached hydrogens (tertiary/aromatic N) is 4. The van der Waals surface area contributed by atoms with Gasteiger partial charge in [-0.25, -0.2) is 9.18 Å². The number of hydrazone groups is 1. The third-order valence-electron chi connectivity index (χ3n) is 7.75. The van der Waals surface area contributed by atoms with Gasteiger partial charge in [-0.15, -0.1) is 0 Å². The quantitative estimate of drug-likeness (QED) is 0.425. The molecule has 3 aliphatic rings. The summed E-state index contributed by atoms with van der Waals surface area (Å²) in [5.41, 5.74) is 1.20. The molecule has 2 aromatic rings. The molecule has 0 bridgehead atoms. The maximum atomic E-state index is 14.2. The summed E-state index contributed by atoms with van der Waals surface area (Å²) in [6, 6.07) is 13.9. The van der Waals surface area contributed by atoms with E-state index >= 15 is 0 Å². The minimum Gasteiger partial charge on any atom is -0.489 e. The number of benzene rings is 2. The number of ether oxygens (including phenoxy) is 2. The van der Waals surface area contributed by atoms with Gasteiger partial charge in [-0.3, -0.25) is 19.5 Å². The Bertz CT molecular complexity index is 1260. The van der Waals surface area contributed by atoms with Gasteiger partial charge in [0.25, 0.3) is 0 Å². The van der Waals surface area contributed by atoms with E-state index in [4.69, 9.17) is 9.84 Å². The number of ketones is 1. The lowest BCUT2D eigenvalue weighted by molar-refractivity contribution is -0.159. The monoisotopic (exact) mass is 522 g/mol. The Balaban J connectivity index is 1.38. The molecule has 0 unspecified atom stereocenters. The zero-order valence-corrected chi connectivity index (χ0v) is 21.6. The summed E-state index contributed by atoms with van der Waals surface area (Å²) >= 11 is 0. The molecule has 5 rings (SSSR count). The number of carbonyl (C=O) groups is 3. The van der Waals surface area contributed by atoms with Crippen LogP contribution in [0.25, 0.3) is 0 Å². The third kappa shape index (κ3) is 4.53. The number of piperazine rings is 1. The molecule has 0 saturated carbocycles. The highest BCUT2D eigenvalue weighted by Gasteiger charge is 2.55. The molecule has 1 fully saturated rings. The van der Waals surface area contributed by atoms with Crippen molar-refractivity contribution in [3.63, 3.8) is 0 Å². The summed E-state index contributed by atoms with van der Waals surface area (Å²) in [6.07, 6.45) is 1.39. The lowest BCUT2D eigenvalue weighted by atomic mass is 9.67. The Morgan fingerprint density at radius 3 is 2.53 bits per heavy atom. The van der Waals surface area contributed by atoms with Crippen LogP contribution in [0, 0.1) is 5.82 Å². The zero-order chi connectivity index (χ0) is 26.9. The SMILES string of the molecule is COC(=O)C(=O)N1CCN(CCC[C@]2(c3ccccc3)C(C(C)=O)=NN3c4cc(F)ccc4OC[C@H]32)CC1. The van der Waals surface area contributed by atoms with Crippen molar-refractivity contribution in [3.05, 3.63) is 59.9 Å². The fourth-order valence-electron chi connectivity index (χ4n) is 5.88. The van der Waals surface area contributed by atoms with E-state index in [1.54, 1.807) is 11.1 Å². The van der Waals surface area contributed by atoms with Crippen molar-refractivity contribution in [3.8, 4) is 5.75 Å². The van der Waals surface area contributed by atoms with E-state index in [2.05, 4.69) is 9.64 Å². The molecule has 2 atom stereocenters. The average Bonchev–Trinajstić information content (AvgIpc) is 3.29. The number of hydrogen-bond acceptors (Lipinski definition) is 8. The van der Waals surface area contributed by atoms with Gasteiger partial charge in [-0.2, -0.15) is 5.10 Å². The van der Waals surface area contributed by atoms with Gasteiger partial charge in [-0.05, 0) is 37.1 Å². The van der Waals surface area contributed by atoms with Crippen LogP contribution in [0.2, 0.25) is 0 Å². The molecule has 0 aliphatic carbocycles. The summed E-state index contributed by atoms with van der Waals surface area (Å²) in [5.74, 6) is -1.44. The summed E-state index contributed by atoms with van der Waals surface area (Å²) in [5, 5.41) is 6.56. The summed E-state index contributed by atoms with van der Waals surface area (Å²) in [7, 11) is 1.20. The van der Waals surface area contributed by atoms with Crippen molar-refractivity contribution in [1.82, 2.24) is 9.80 Å². The van der Waals surface area contributed by atoms with Gasteiger partial charge in [0.1, 0.15) is 35.6 Å². The molecule has 1 amide bonds. The first kappa shape index (κ1) is 25.8. The van der Waals surface area contributed by atoms with Crippen LogP contribution in [-0.4, -0.2) is 85.7 Å². The number of rotatable bonds is 6. The van der Waals surface area contributed by atoms with Gasteiger partial charge >= 0.3 is 11.9 Å². The van der Waals surface area contributed by atoms with Crippen LogP contribution in [0.3, 0.4) is 0 Å². The second-order valence-electron chi connectivity index (χ2n) is 9.85. The molecule has 38 heavy (non-hydrogen) atoms. The maximum absolute atomic E-state index is 14.2. The van der Waals surface area contributed by atoms with E-state index in [1.165, 1.54) is 31.1 Å². The van der Waals surface area contributed by atoms with Crippen LogP contribution in [0.15, 0.2) is 53.6 Å². The molecule has 3 heterocycles. The van der Waals surface area contributed by atoms with Gasteiger partial charge in [0.05, 0.1) is 12.5 Å². The van der Waals surface area contributed by atoms with E-state index in [0.29, 0.717) is 56.4 Å². The Labute approximate surface area is 220 Å². The van der Waals surface area contributed by atoms with Crippen LogP contribution in [-0.2, 0) is 24.5 Å². The fraction of sp³-hybridized carbons (Fsp3) is 0.429. The lowest BCUT2D eigenvalue weighted by Crippen LogP contribution is -2.54. The molecule has 0 N–H and O–H groups in total. The molecular formula is C28H31FN4O5. The van der Waals surface area contributed by atoms with Gasteiger partial charge in [0.2, 0.25) is 0 Å². The maximum Gasteiger partial charge on any atom is 0.396 e. The predicted octanol–water partition coefficient (Wildman–Crippen LogP) is 2.39. The lowest BCUT2D eigenvalue weighted by Gasteiger charge is -2.42. The standard InChI is InChI=1S/C28H31FN4O5/c1-19(34)25-28(20-7-4-3-5-8-20,24-18-38-23-10-9-21(29)17-22(23)33(24)30-25)11-6-12-31-13-15-32(16-14-31)26(35)27(36)37-2/h3-5,7-10,17,24H,6,11-16,18H2,1-2H3/t24-,28+/m0/s1. The number of halogens is 1. The Hall–Kier alpha value is -3.79. The third-order valence-corrected chi connectivity index (χ3v) is 7.75. The smallest absolute Gasteiger partial charge is 0.396 e. The van der Waals surface area contributed by atoms with Crippen molar-refractivity contribution in [2.24, 2.45) is 5.10 Å². The Morgan fingerprint density at radius 2 is 1.84 bits per heavy atom. The first-order valence-corrected chi connectivity index (χ1v) is 12.8. The van der Waals surface area contributed by atoms with Gasteiger partial charge in [-0.1, -0.05) is 30.3 Å². The highest BCUT2D eigenvalue weighted by Crippen LogP contribution is 2.48. The van der Waals surface area contributed by atoms with E-state index in [-0.39, 0.29) is 11.8 Å². The van der Waals surface area contributed by atoms with Crippen molar-refractivity contribution >= 4 is 29.1 Å². The van der Waals surface area contributed by atoms with E-state index in [1.807, 2.05) is 30.3 Å². The highest BCUT2D eigenvalue weighted by molar-refractivity contribution is 6.43. The molecule has 2 aromatic carbocycles.